The summed E-state index contributed by atoms with van der Waals surface area (Å²) in [7, 11) is 0. The second-order valence-corrected chi connectivity index (χ2v) is 15.2. The maximum absolute atomic E-state index is 6.39. The molecule has 2 N–H and O–H groups in total. The maximum Gasteiger partial charge on any atom is 0.123 e. The monoisotopic (exact) mass is 531 g/mol. The van der Waals surface area contributed by atoms with Gasteiger partial charge >= 0.3 is 0 Å². The molecule has 0 spiro atoms. The molecule has 1 aliphatic heterocycles. The van der Waals surface area contributed by atoms with E-state index in [1.807, 2.05) is 24.3 Å². The van der Waals surface area contributed by atoms with Crippen molar-refractivity contribution < 1.29 is 14.2 Å². The van der Waals surface area contributed by atoms with Gasteiger partial charge in [0.05, 0.1) is 18.8 Å². The normalized spacial score (nSPS) is 23.4. The minimum absolute atomic E-state index is 0.0183. The van der Waals surface area contributed by atoms with Crippen LogP contribution in [0.15, 0.2) is 24.3 Å². The average molecular weight is 532 g/mol. The van der Waals surface area contributed by atoms with E-state index in [9.17, 15) is 0 Å². The largest absolute Gasteiger partial charge is 0.493 e. The molecule has 0 radical (unpaired) electrons. The van der Waals surface area contributed by atoms with E-state index in [0.29, 0.717) is 18.7 Å². The molecule has 3 rings (SSSR count). The summed E-state index contributed by atoms with van der Waals surface area (Å²) in [6.07, 6.45) is 4.52. The molecule has 1 heterocycles. The van der Waals surface area contributed by atoms with E-state index in [2.05, 4.69) is 84.8 Å². The lowest BCUT2D eigenvalue weighted by molar-refractivity contribution is -0.0572. The van der Waals surface area contributed by atoms with Gasteiger partial charge in [-0.15, -0.1) is 0 Å². The first-order chi connectivity index (χ1) is 17.5. The Bertz CT molecular complexity index is 865. The lowest BCUT2D eigenvalue weighted by Crippen LogP contribution is -2.53. The van der Waals surface area contributed by atoms with E-state index in [4.69, 9.17) is 14.2 Å². The van der Waals surface area contributed by atoms with Gasteiger partial charge in [0.15, 0.2) is 0 Å². The van der Waals surface area contributed by atoms with Crippen LogP contribution in [0.25, 0.3) is 0 Å². The summed E-state index contributed by atoms with van der Waals surface area (Å²) < 4.78 is 18.9. The standard InChI is InChI=1S/C32H57N3O3/c1-29(2,3)33-24-14-15-35(21-24)16-17-37-32(9,10)22-31(7,8)23-36-26-12-11-13-27(20-26)38-28-18-25(19-28)34-30(4,5)6/h11-13,20,24-25,28,33-34H,14-19,21-23H2,1-10H3/t24-,25-,28+/m0/s1. The van der Waals surface area contributed by atoms with Gasteiger partial charge in [-0.05, 0) is 99.8 Å². The number of hydrogen-bond acceptors (Lipinski definition) is 6. The SMILES string of the molecule is CC(C)(COc1cccc(O[C@H]2C[C@@H](NC(C)(C)C)C2)c1)CC(C)(C)OCCN1CC[C@H](NC(C)(C)C)C1. The zero-order chi connectivity index (χ0) is 28.2. The third-order valence-electron chi connectivity index (χ3n) is 7.18. The highest BCUT2D eigenvalue weighted by Crippen LogP contribution is 2.33. The predicted octanol–water partition coefficient (Wildman–Crippen LogP) is 6.04. The fourth-order valence-electron chi connectivity index (χ4n) is 5.97. The van der Waals surface area contributed by atoms with Gasteiger partial charge in [0.25, 0.3) is 0 Å². The van der Waals surface area contributed by atoms with Crippen molar-refractivity contribution in [3.63, 3.8) is 0 Å². The summed E-state index contributed by atoms with van der Waals surface area (Å²) in [5, 5.41) is 7.39. The van der Waals surface area contributed by atoms with Crippen molar-refractivity contribution in [3.8, 4) is 11.5 Å². The van der Waals surface area contributed by atoms with Crippen LogP contribution < -0.4 is 20.1 Å². The van der Waals surface area contributed by atoms with Crippen LogP contribution in [-0.4, -0.2) is 72.6 Å². The number of rotatable bonds is 13. The minimum atomic E-state index is -0.206. The molecule has 1 atom stereocenters. The van der Waals surface area contributed by atoms with Gasteiger partial charge in [-0.1, -0.05) is 19.9 Å². The van der Waals surface area contributed by atoms with Crippen molar-refractivity contribution >= 4 is 0 Å². The van der Waals surface area contributed by atoms with Crippen LogP contribution in [-0.2, 0) is 4.74 Å². The first kappa shape index (κ1) is 31.2. The molecule has 0 amide bonds. The number of likely N-dealkylation sites (tertiary alicyclic amines) is 1. The molecule has 6 heteroatoms. The Labute approximate surface area is 233 Å². The first-order valence-electron chi connectivity index (χ1n) is 14.8. The molecule has 0 unspecified atom stereocenters. The second kappa shape index (κ2) is 12.4. The summed E-state index contributed by atoms with van der Waals surface area (Å²) >= 11 is 0. The summed E-state index contributed by atoms with van der Waals surface area (Å²) in [6.45, 7) is 27.0. The molecule has 2 aliphatic rings. The zero-order valence-corrected chi connectivity index (χ0v) is 26.1. The van der Waals surface area contributed by atoms with E-state index >= 15 is 0 Å². The fourth-order valence-corrected chi connectivity index (χ4v) is 5.97. The molecule has 38 heavy (non-hydrogen) atoms. The van der Waals surface area contributed by atoms with E-state index < -0.39 is 0 Å². The molecule has 6 nitrogen and oxygen atoms in total. The molecule has 1 aromatic rings. The van der Waals surface area contributed by atoms with Crippen LogP contribution in [0.4, 0.5) is 0 Å². The van der Waals surface area contributed by atoms with Crippen LogP contribution in [0.5, 0.6) is 11.5 Å². The van der Waals surface area contributed by atoms with Crippen LogP contribution in [0, 0.1) is 5.41 Å². The van der Waals surface area contributed by atoms with Crippen LogP contribution >= 0.6 is 0 Å². The van der Waals surface area contributed by atoms with Gasteiger partial charge in [0.1, 0.15) is 17.6 Å². The van der Waals surface area contributed by atoms with Crippen molar-refractivity contribution in [3.05, 3.63) is 24.3 Å². The Balaban J connectivity index is 1.37. The van der Waals surface area contributed by atoms with E-state index in [0.717, 1.165) is 57.0 Å². The Morgan fingerprint density at radius 3 is 2.16 bits per heavy atom. The van der Waals surface area contributed by atoms with E-state index in [1.165, 1.54) is 6.42 Å². The summed E-state index contributed by atoms with van der Waals surface area (Å²) in [5.41, 5.74) is 0.0972. The van der Waals surface area contributed by atoms with Gasteiger partial charge in [0.2, 0.25) is 0 Å². The van der Waals surface area contributed by atoms with E-state index in [-0.39, 0.29) is 28.2 Å². The quantitative estimate of drug-likeness (QED) is 0.324. The maximum atomic E-state index is 6.39. The van der Waals surface area contributed by atoms with Gasteiger partial charge in [-0.3, -0.25) is 4.90 Å². The van der Waals surface area contributed by atoms with Crippen LogP contribution in [0.1, 0.15) is 94.9 Å². The molecule has 1 saturated heterocycles. The number of hydrogen-bond donors (Lipinski definition) is 2. The minimum Gasteiger partial charge on any atom is -0.493 e. The highest BCUT2D eigenvalue weighted by atomic mass is 16.5. The molecule has 0 bridgehead atoms. The summed E-state index contributed by atoms with van der Waals surface area (Å²) in [4.78, 5) is 2.52. The molecular formula is C32H57N3O3. The predicted molar refractivity (Wildman–Crippen MR) is 158 cm³/mol. The second-order valence-electron chi connectivity index (χ2n) is 15.2. The smallest absolute Gasteiger partial charge is 0.123 e. The van der Waals surface area contributed by atoms with Crippen molar-refractivity contribution in [1.82, 2.24) is 15.5 Å². The number of benzene rings is 1. The highest BCUT2D eigenvalue weighted by Gasteiger charge is 2.34. The molecule has 218 valence electrons. The van der Waals surface area contributed by atoms with Crippen LogP contribution in [0.2, 0.25) is 0 Å². The van der Waals surface area contributed by atoms with Gasteiger partial charge in [0, 0.05) is 47.7 Å². The van der Waals surface area contributed by atoms with Crippen molar-refractivity contribution in [2.45, 2.75) is 130 Å². The third-order valence-corrected chi connectivity index (χ3v) is 7.18. The Morgan fingerprint density at radius 1 is 0.868 bits per heavy atom. The van der Waals surface area contributed by atoms with Crippen molar-refractivity contribution in [1.29, 1.82) is 0 Å². The lowest BCUT2D eigenvalue weighted by Gasteiger charge is -2.40. The molecule has 2 fully saturated rings. The molecule has 1 aliphatic carbocycles. The van der Waals surface area contributed by atoms with Crippen LogP contribution in [0.3, 0.4) is 0 Å². The van der Waals surface area contributed by atoms with E-state index in [1.54, 1.807) is 0 Å². The summed E-state index contributed by atoms with van der Waals surface area (Å²) in [5.74, 6) is 1.76. The van der Waals surface area contributed by atoms with Crippen molar-refractivity contribution in [2.75, 3.05) is 32.8 Å². The number of ether oxygens (including phenoxy) is 3. The van der Waals surface area contributed by atoms with Gasteiger partial charge in [-0.25, -0.2) is 0 Å². The summed E-state index contributed by atoms with van der Waals surface area (Å²) in [6, 6.07) is 9.23. The number of nitrogens with zero attached hydrogens (tertiary/aromatic N) is 1. The average Bonchev–Trinajstić information content (AvgIpc) is 3.14. The molecule has 1 saturated carbocycles. The molecule has 1 aromatic carbocycles. The van der Waals surface area contributed by atoms with Gasteiger partial charge in [-0.2, -0.15) is 0 Å². The molecule has 0 aromatic heterocycles. The van der Waals surface area contributed by atoms with Gasteiger partial charge < -0.3 is 24.8 Å². The highest BCUT2D eigenvalue weighted by molar-refractivity contribution is 5.33. The fraction of sp³-hybridized carbons (Fsp3) is 0.812. The Hall–Kier alpha value is -1.34. The third kappa shape index (κ3) is 11.4. The molecular weight excluding hydrogens is 474 g/mol. The Morgan fingerprint density at radius 2 is 1.50 bits per heavy atom. The Kier molecular flexibility index (Phi) is 10.2. The zero-order valence-electron chi connectivity index (χ0n) is 26.1. The lowest BCUT2D eigenvalue weighted by atomic mass is 9.82. The first-order valence-corrected chi connectivity index (χ1v) is 14.8. The van der Waals surface area contributed by atoms with Crippen molar-refractivity contribution in [2.24, 2.45) is 5.41 Å². The topological polar surface area (TPSA) is 55.0 Å². The number of nitrogens with one attached hydrogen (secondary N) is 2.